The second-order valence-corrected chi connectivity index (χ2v) is 7.03. The van der Waals surface area contributed by atoms with Gasteiger partial charge in [0.25, 0.3) is 0 Å². The fourth-order valence-electron chi connectivity index (χ4n) is 2.72. The van der Waals surface area contributed by atoms with Gasteiger partial charge in [-0.3, -0.25) is 9.00 Å². The van der Waals surface area contributed by atoms with Crippen LogP contribution < -0.4 is 10.6 Å². The van der Waals surface area contributed by atoms with Crippen molar-refractivity contribution in [2.75, 3.05) is 18.6 Å². The van der Waals surface area contributed by atoms with E-state index in [2.05, 4.69) is 10.6 Å². The summed E-state index contributed by atoms with van der Waals surface area (Å²) in [7, 11) is 0.896. The van der Waals surface area contributed by atoms with Gasteiger partial charge in [-0.1, -0.05) is 12.8 Å². The van der Waals surface area contributed by atoms with Gasteiger partial charge in [-0.2, -0.15) is 0 Å². The number of carbonyl (C=O) groups excluding carboxylic acids is 1. The van der Waals surface area contributed by atoms with Crippen LogP contribution >= 0.6 is 0 Å². The Balaban J connectivity index is 1.71. The molecule has 1 amide bonds. The Hall–Kier alpha value is -0.420. The Labute approximate surface area is 112 Å². The molecule has 2 atom stereocenters. The Morgan fingerprint density at radius 3 is 2.50 bits per heavy atom. The molecule has 0 spiro atoms. The molecule has 5 heteroatoms. The third-order valence-electron chi connectivity index (χ3n) is 3.94. The van der Waals surface area contributed by atoms with E-state index in [9.17, 15) is 9.00 Å². The van der Waals surface area contributed by atoms with E-state index in [4.69, 9.17) is 0 Å². The Kier molecular flexibility index (Phi) is 5.18. The van der Waals surface area contributed by atoms with E-state index in [1.807, 2.05) is 7.05 Å². The van der Waals surface area contributed by atoms with Crippen LogP contribution in [0, 0.1) is 5.92 Å². The van der Waals surface area contributed by atoms with E-state index in [1.165, 1.54) is 25.7 Å². The second-order valence-electron chi connectivity index (χ2n) is 5.53. The molecule has 2 aliphatic carbocycles. The van der Waals surface area contributed by atoms with Crippen LogP contribution in [0.15, 0.2) is 0 Å². The van der Waals surface area contributed by atoms with Crippen LogP contribution in [0.2, 0.25) is 0 Å². The standard InChI is InChI=1S/C13H24N2O2S/c1-14-12(10-4-2-3-5-10)8-18(17)9-13(16)15-11-6-7-11/h10-12,14H,2-9H2,1H3,(H,15,16). The Bertz CT molecular complexity index is 312. The van der Waals surface area contributed by atoms with Crippen molar-refractivity contribution in [2.24, 2.45) is 5.92 Å². The molecular weight excluding hydrogens is 248 g/mol. The third kappa shape index (κ3) is 4.35. The van der Waals surface area contributed by atoms with Crippen LogP contribution in [0.4, 0.5) is 0 Å². The van der Waals surface area contributed by atoms with E-state index in [0.29, 0.717) is 23.8 Å². The van der Waals surface area contributed by atoms with E-state index in [1.54, 1.807) is 0 Å². The fraction of sp³-hybridized carbons (Fsp3) is 0.923. The summed E-state index contributed by atoms with van der Waals surface area (Å²) in [6, 6.07) is 0.673. The highest BCUT2D eigenvalue weighted by molar-refractivity contribution is 7.85. The normalized spacial score (nSPS) is 23.8. The van der Waals surface area contributed by atoms with E-state index >= 15 is 0 Å². The van der Waals surface area contributed by atoms with Crippen molar-refractivity contribution >= 4 is 16.7 Å². The first kappa shape index (κ1) is 14.0. The predicted molar refractivity (Wildman–Crippen MR) is 73.8 cm³/mol. The van der Waals surface area contributed by atoms with Crippen LogP contribution in [0.3, 0.4) is 0 Å². The predicted octanol–water partition coefficient (Wildman–Crippen LogP) is 0.792. The van der Waals surface area contributed by atoms with E-state index in [0.717, 1.165) is 12.8 Å². The molecule has 0 bridgehead atoms. The molecule has 0 aromatic carbocycles. The van der Waals surface area contributed by atoms with E-state index < -0.39 is 10.8 Å². The van der Waals surface area contributed by atoms with Gasteiger partial charge in [0.1, 0.15) is 5.75 Å². The molecule has 0 heterocycles. The molecule has 0 radical (unpaired) electrons. The topological polar surface area (TPSA) is 58.2 Å². The molecule has 0 saturated heterocycles. The van der Waals surface area contributed by atoms with Gasteiger partial charge >= 0.3 is 0 Å². The molecule has 0 aliphatic heterocycles. The lowest BCUT2D eigenvalue weighted by molar-refractivity contribution is -0.118. The van der Waals surface area contributed by atoms with Crippen LogP contribution in [0.5, 0.6) is 0 Å². The first-order chi connectivity index (χ1) is 8.69. The number of hydrogen-bond donors (Lipinski definition) is 2. The highest BCUT2D eigenvalue weighted by Gasteiger charge is 2.27. The molecule has 104 valence electrons. The minimum Gasteiger partial charge on any atom is -0.353 e. The van der Waals surface area contributed by atoms with Gasteiger partial charge in [0.2, 0.25) is 5.91 Å². The van der Waals surface area contributed by atoms with Crippen LogP contribution in [-0.2, 0) is 15.6 Å². The highest BCUT2D eigenvalue weighted by atomic mass is 32.2. The summed E-state index contributed by atoms with van der Waals surface area (Å²) in [4.78, 5) is 11.6. The van der Waals surface area contributed by atoms with Crippen molar-refractivity contribution in [1.82, 2.24) is 10.6 Å². The zero-order valence-electron chi connectivity index (χ0n) is 11.1. The van der Waals surface area contributed by atoms with Crippen LogP contribution in [0.1, 0.15) is 38.5 Å². The van der Waals surface area contributed by atoms with Crippen LogP contribution in [0.25, 0.3) is 0 Å². The molecule has 2 N–H and O–H groups in total. The van der Waals surface area contributed by atoms with Crippen molar-refractivity contribution in [1.29, 1.82) is 0 Å². The minimum absolute atomic E-state index is 0.0443. The molecular formula is C13H24N2O2S. The SMILES string of the molecule is CNC(CS(=O)CC(=O)NC1CC1)C1CCCC1. The molecule has 2 saturated carbocycles. The average molecular weight is 272 g/mol. The lowest BCUT2D eigenvalue weighted by Gasteiger charge is -2.22. The summed E-state index contributed by atoms with van der Waals surface area (Å²) < 4.78 is 12.0. The minimum atomic E-state index is -1.04. The third-order valence-corrected chi connectivity index (χ3v) is 5.25. The first-order valence-electron chi connectivity index (χ1n) is 7.00. The fourth-order valence-corrected chi connectivity index (χ4v) is 4.05. The lowest BCUT2D eigenvalue weighted by atomic mass is 10.0. The maximum absolute atomic E-state index is 12.0. The number of amides is 1. The summed E-state index contributed by atoms with van der Waals surface area (Å²) in [5.41, 5.74) is 0. The van der Waals surface area contributed by atoms with Crippen molar-refractivity contribution in [3.05, 3.63) is 0 Å². The number of hydrogen-bond acceptors (Lipinski definition) is 3. The van der Waals surface area contributed by atoms with Gasteiger partial charge in [-0.25, -0.2) is 0 Å². The molecule has 2 unspecified atom stereocenters. The molecule has 4 nitrogen and oxygen atoms in total. The Morgan fingerprint density at radius 1 is 1.28 bits per heavy atom. The Morgan fingerprint density at radius 2 is 1.94 bits per heavy atom. The van der Waals surface area contributed by atoms with Gasteiger partial charge in [0, 0.05) is 28.6 Å². The second kappa shape index (κ2) is 6.66. The van der Waals surface area contributed by atoms with Crippen molar-refractivity contribution in [2.45, 2.75) is 50.6 Å². The quantitative estimate of drug-likeness (QED) is 0.720. The molecule has 0 aromatic heterocycles. The first-order valence-corrected chi connectivity index (χ1v) is 8.49. The van der Waals surface area contributed by atoms with Crippen molar-refractivity contribution in [3.8, 4) is 0 Å². The maximum atomic E-state index is 12.0. The highest BCUT2D eigenvalue weighted by Crippen LogP contribution is 2.28. The molecule has 0 aromatic rings. The monoisotopic (exact) mass is 272 g/mol. The average Bonchev–Trinajstić information content (AvgIpc) is 2.97. The smallest absolute Gasteiger partial charge is 0.232 e. The van der Waals surface area contributed by atoms with Gasteiger partial charge in [-0.05, 0) is 38.6 Å². The van der Waals surface area contributed by atoms with Gasteiger partial charge in [-0.15, -0.1) is 0 Å². The summed E-state index contributed by atoms with van der Waals surface area (Å²) in [5, 5.41) is 6.17. The van der Waals surface area contributed by atoms with Crippen molar-refractivity contribution < 1.29 is 9.00 Å². The van der Waals surface area contributed by atoms with Gasteiger partial charge in [0.05, 0.1) is 0 Å². The summed E-state index contributed by atoms with van der Waals surface area (Å²) in [6.45, 7) is 0. The number of nitrogens with one attached hydrogen (secondary N) is 2. The number of rotatable bonds is 7. The molecule has 2 fully saturated rings. The molecule has 18 heavy (non-hydrogen) atoms. The summed E-state index contributed by atoms with van der Waals surface area (Å²) >= 11 is 0. The zero-order chi connectivity index (χ0) is 13.0. The van der Waals surface area contributed by atoms with Crippen molar-refractivity contribution in [3.63, 3.8) is 0 Å². The van der Waals surface area contributed by atoms with Crippen LogP contribution in [-0.4, -0.2) is 40.8 Å². The molecule has 2 rings (SSSR count). The lowest BCUT2D eigenvalue weighted by Crippen LogP contribution is -2.39. The largest absolute Gasteiger partial charge is 0.353 e. The zero-order valence-corrected chi connectivity index (χ0v) is 11.9. The summed E-state index contributed by atoms with van der Waals surface area (Å²) in [6.07, 6.45) is 7.21. The molecule has 2 aliphatic rings. The maximum Gasteiger partial charge on any atom is 0.232 e. The van der Waals surface area contributed by atoms with Gasteiger partial charge in [0.15, 0.2) is 0 Å². The van der Waals surface area contributed by atoms with E-state index in [-0.39, 0.29) is 11.7 Å². The summed E-state index contributed by atoms with van der Waals surface area (Å²) in [5.74, 6) is 1.38. The van der Waals surface area contributed by atoms with Gasteiger partial charge < -0.3 is 10.6 Å². The number of carbonyl (C=O) groups is 1.